The van der Waals surface area contributed by atoms with E-state index in [1.165, 1.54) is 44.9 Å². The molecule has 0 bridgehead atoms. The Bertz CT molecular complexity index is 1180. The first-order chi connectivity index (χ1) is 26.5. The van der Waals surface area contributed by atoms with Gasteiger partial charge in [-0.3, -0.25) is 23.4 Å². The maximum atomic E-state index is 12.6. The summed E-state index contributed by atoms with van der Waals surface area (Å²) >= 11 is 0. The number of aliphatic carboxylic acids is 1. The second kappa shape index (κ2) is 36.8. The normalized spacial score (nSPS) is 15.0. The molecule has 0 aliphatic rings. The van der Waals surface area contributed by atoms with Crippen LogP contribution in [0.2, 0.25) is 0 Å². The molecule has 4 atom stereocenters. The highest BCUT2D eigenvalue weighted by Gasteiger charge is 2.28. The van der Waals surface area contributed by atoms with Gasteiger partial charge in [-0.25, -0.2) is 4.57 Å². The zero-order valence-electron chi connectivity index (χ0n) is 33.6. The molecule has 0 aromatic carbocycles. The van der Waals surface area contributed by atoms with Crippen LogP contribution in [0.5, 0.6) is 0 Å². The molecule has 0 fully saturated rings. The fraction of sp³-hybridized carbons (Fsp3) is 0.690. The molecule has 0 aliphatic heterocycles. The third-order valence-electron chi connectivity index (χ3n) is 8.34. The summed E-state index contributed by atoms with van der Waals surface area (Å²) in [5.41, 5.74) is 5.31. The van der Waals surface area contributed by atoms with E-state index < -0.39 is 63.8 Å². The number of phosphoric acid groups is 1. The van der Waals surface area contributed by atoms with Crippen molar-refractivity contribution in [3.8, 4) is 0 Å². The monoisotopic (exact) mass is 797 g/mol. The molecular formula is C42H72NO11P. The zero-order valence-corrected chi connectivity index (χ0v) is 34.5. The third kappa shape index (κ3) is 36.5. The molecule has 0 aromatic rings. The highest BCUT2D eigenvalue weighted by Crippen LogP contribution is 2.43. The first-order valence-corrected chi connectivity index (χ1v) is 21.9. The maximum absolute atomic E-state index is 12.6. The van der Waals surface area contributed by atoms with E-state index in [4.69, 9.17) is 24.8 Å². The molecule has 0 aliphatic carbocycles. The minimum Gasteiger partial charge on any atom is -0.480 e. The predicted molar refractivity (Wildman–Crippen MR) is 218 cm³/mol. The van der Waals surface area contributed by atoms with Crippen molar-refractivity contribution in [2.45, 2.75) is 167 Å². The van der Waals surface area contributed by atoms with E-state index in [2.05, 4.69) is 54.8 Å². The summed E-state index contributed by atoms with van der Waals surface area (Å²) in [5, 5.41) is 19.1. The van der Waals surface area contributed by atoms with Crippen LogP contribution < -0.4 is 5.73 Å². The van der Waals surface area contributed by atoms with E-state index >= 15 is 0 Å². The molecule has 1 unspecified atom stereocenters. The van der Waals surface area contributed by atoms with Crippen LogP contribution in [0, 0.1) is 0 Å². The first kappa shape index (κ1) is 52.1. The smallest absolute Gasteiger partial charge is 0.472 e. The second-order valence-electron chi connectivity index (χ2n) is 13.6. The lowest BCUT2D eigenvalue weighted by atomic mass is 10.1. The SMILES string of the molecule is CCCCC/C=C\C/C=C\C/C=C\C=C\[C@H](O)CCCC(=O)O[C@H](COC(=O)CCCCCCC/C=C\CCCCCC)COP(=O)(O)OC[C@H](N)C(=O)O. The Labute approximate surface area is 330 Å². The summed E-state index contributed by atoms with van der Waals surface area (Å²) in [7, 11) is -4.77. The Morgan fingerprint density at radius 1 is 0.655 bits per heavy atom. The van der Waals surface area contributed by atoms with Crippen molar-refractivity contribution >= 4 is 25.7 Å². The number of phosphoric ester groups is 1. The van der Waals surface area contributed by atoms with Gasteiger partial charge < -0.3 is 30.3 Å². The molecule has 5 N–H and O–H groups in total. The van der Waals surface area contributed by atoms with Crippen molar-refractivity contribution < 1.29 is 52.6 Å². The van der Waals surface area contributed by atoms with Crippen LogP contribution in [0.15, 0.2) is 60.8 Å². The molecule has 12 nitrogen and oxygen atoms in total. The molecule has 0 heterocycles. The average molecular weight is 798 g/mol. The van der Waals surface area contributed by atoms with Gasteiger partial charge in [-0.2, -0.15) is 0 Å². The largest absolute Gasteiger partial charge is 0.480 e. The summed E-state index contributed by atoms with van der Waals surface area (Å²) in [5.74, 6) is -2.62. The van der Waals surface area contributed by atoms with Gasteiger partial charge in [0.15, 0.2) is 6.10 Å². The highest BCUT2D eigenvalue weighted by atomic mass is 31.2. The fourth-order valence-electron chi connectivity index (χ4n) is 5.04. The number of nitrogens with two attached hydrogens (primary N) is 1. The Morgan fingerprint density at radius 3 is 1.85 bits per heavy atom. The molecule has 0 radical (unpaired) electrons. The van der Waals surface area contributed by atoms with Gasteiger partial charge in [-0.1, -0.05) is 126 Å². The van der Waals surface area contributed by atoms with Crippen molar-refractivity contribution in [2.24, 2.45) is 5.73 Å². The van der Waals surface area contributed by atoms with Crippen molar-refractivity contribution in [3.63, 3.8) is 0 Å². The lowest BCUT2D eigenvalue weighted by Crippen LogP contribution is -2.34. The quantitative estimate of drug-likeness (QED) is 0.0153. The van der Waals surface area contributed by atoms with Crippen LogP contribution in [0.1, 0.15) is 149 Å². The maximum Gasteiger partial charge on any atom is 0.472 e. The van der Waals surface area contributed by atoms with E-state index in [1.807, 2.05) is 12.2 Å². The van der Waals surface area contributed by atoms with Gasteiger partial charge in [-0.15, -0.1) is 0 Å². The number of aliphatic hydroxyl groups excluding tert-OH is 1. The summed E-state index contributed by atoms with van der Waals surface area (Å²) in [6.07, 6.45) is 37.5. The number of unbranched alkanes of at least 4 members (excludes halogenated alkanes) is 12. The number of carboxylic acid groups (broad SMARTS) is 1. The molecule has 0 spiro atoms. The minimum atomic E-state index is -4.77. The van der Waals surface area contributed by atoms with E-state index in [0.29, 0.717) is 19.3 Å². The Kier molecular flexibility index (Phi) is 34.8. The summed E-state index contributed by atoms with van der Waals surface area (Å²) in [4.78, 5) is 45.9. The van der Waals surface area contributed by atoms with Crippen LogP contribution in [0.25, 0.3) is 0 Å². The zero-order chi connectivity index (χ0) is 40.8. The topological polar surface area (TPSA) is 192 Å². The Hall–Kier alpha value is -2.86. The number of carbonyl (C=O) groups is 3. The number of esters is 2. The van der Waals surface area contributed by atoms with Crippen molar-refractivity contribution in [1.29, 1.82) is 0 Å². The number of hydrogen-bond acceptors (Lipinski definition) is 10. The standard InChI is InChI=1S/C42H72NO11P/c1-3-5-7-9-11-13-15-17-19-21-23-25-27-30-37(44)31-29-33-41(46)54-38(35-52-55(49,50)53-36-39(43)42(47)48)34-51-40(45)32-28-26-24-22-20-18-16-14-12-10-8-6-4-2/h11,13-14,16-17,19,23,25,27,30,37-39,44H,3-10,12,15,18,20-22,24,26,28-29,31-36,43H2,1-2H3,(H,47,48)(H,49,50)/b13-11-,16-14-,19-17-,25-23-,30-27+/t37-,38+,39-/m0/s1. The number of allylic oxidation sites excluding steroid dienone is 9. The van der Waals surface area contributed by atoms with Crippen LogP contribution in [0.4, 0.5) is 0 Å². The molecular weight excluding hydrogens is 725 g/mol. The van der Waals surface area contributed by atoms with Crippen LogP contribution in [-0.2, 0) is 37.5 Å². The lowest BCUT2D eigenvalue weighted by molar-refractivity contribution is -0.161. The molecule has 13 heteroatoms. The number of carboxylic acids is 1. The van der Waals surface area contributed by atoms with Crippen molar-refractivity contribution in [2.75, 3.05) is 19.8 Å². The Morgan fingerprint density at radius 2 is 1.18 bits per heavy atom. The predicted octanol–water partition coefficient (Wildman–Crippen LogP) is 9.36. The molecule has 316 valence electrons. The van der Waals surface area contributed by atoms with Crippen molar-refractivity contribution in [1.82, 2.24) is 0 Å². The van der Waals surface area contributed by atoms with Gasteiger partial charge >= 0.3 is 25.7 Å². The summed E-state index contributed by atoms with van der Waals surface area (Å²) in [6.45, 7) is 2.53. The van der Waals surface area contributed by atoms with Gasteiger partial charge in [0, 0.05) is 12.8 Å². The molecule has 0 rings (SSSR count). The van der Waals surface area contributed by atoms with Crippen LogP contribution in [-0.4, -0.2) is 71.1 Å². The molecule has 0 aromatic heterocycles. The lowest BCUT2D eigenvalue weighted by Gasteiger charge is -2.20. The average Bonchev–Trinajstić information content (AvgIpc) is 3.15. The second-order valence-corrected chi connectivity index (χ2v) is 15.1. The highest BCUT2D eigenvalue weighted by molar-refractivity contribution is 7.47. The third-order valence-corrected chi connectivity index (χ3v) is 9.29. The van der Waals surface area contributed by atoms with Gasteiger partial charge in [0.1, 0.15) is 12.6 Å². The van der Waals surface area contributed by atoms with E-state index in [1.54, 1.807) is 12.2 Å². The molecule has 0 saturated carbocycles. The number of rotatable bonds is 37. The first-order valence-electron chi connectivity index (χ1n) is 20.4. The fourth-order valence-corrected chi connectivity index (χ4v) is 5.82. The van der Waals surface area contributed by atoms with E-state index in [0.717, 1.165) is 57.8 Å². The summed E-state index contributed by atoms with van der Waals surface area (Å²) < 4.78 is 32.4. The molecule has 55 heavy (non-hydrogen) atoms. The summed E-state index contributed by atoms with van der Waals surface area (Å²) in [6, 6.07) is -1.55. The van der Waals surface area contributed by atoms with Gasteiger partial charge in [0.05, 0.1) is 19.3 Å². The number of ether oxygens (including phenoxy) is 2. The van der Waals surface area contributed by atoms with Crippen molar-refractivity contribution in [3.05, 3.63) is 60.8 Å². The Balaban J connectivity index is 4.64. The number of hydrogen-bond donors (Lipinski definition) is 4. The molecule has 0 amide bonds. The number of carbonyl (C=O) groups excluding carboxylic acids is 2. The number of aliphatic hydroxyl groups is 1. The van der Waals surface area contributed by atoms with Crippen LogP contribution >= 0.6 is 7.82 Å². The minimum absolute atomic E-state index is 0.0709. The van der Waals surface area contributed by atoms with E-state index in [-0.39, 0.29) is 12.8 Å². The van der Waals surface area contributed by atoms with E-state index in [9.17, 15) is 28.9 Å². The van der Waals surface area contributed by atoms with Gasteiger partial charge in [0.2, 0.25) is 0 Å². The van der Waals surface area contributed by atoms with Gasteiger partial charge in [0.25, 0.3) is 0 Å². The van der Waals surface area contributed by atoms with Crippen LogP contribution in [0.3, 0.4) is 0 Å². The molecule has 0 saturated heterocycles. The van der Waals surface area contributed by atoms with Gasteiger partial charge in [-0.05, 0) is 70.6 Å².